The standard InChI is InChI=1S/C25H20N4O/c1-18-6-5-9-21(16-18)26-25(30)23-14-15-29(27-23)24-13-12-22-11-10-20(17-28(22)24)19-7-3-2-4-8-19/h2-17H,1H3,(H,26,30). The van der Waals surface area contributed by atoms with Crippen molar-refractivity contribution in [3.05, 3.63) is 109 Å². The molecule has 0 unspecified atom stereocenters. The van der Waals surface area contributed by atoms with Crippen molar-refractivity contribution in [2.45, 2.75) is 6.92 Å². The van der Waals surface area contributed by atoms with Crippen molar-refractivity contribution in [2.24, 2.45) is 0 Å². The molecule has 30 heavy (non-hydrogen) atoms. The highest BCUT2D eigenvalue weighted by Crippen LogP contribution is 2.23. The maximum atomic E-state index is 12.6. The van der Waals surface area contributed by atoms with Gasteiger partial charge in [-0.05, 0) is 60.0 Å². The minimum atomic E-state index is -0.231. The van der Waals surface area contributed by atoms with Gasteiger partial charge in [-0.15, -0.1) is 0 Å². The maximum absolute atomic E-state index is 12.6. The van der Waals surface area contributed by atoms with Gasteiger partial charge in [0.15, 0.2) is 5.69 Å². The van der Waals surface area contributed by atoms with E-state index in [9.17, 15) is 4.79 Å². The molecule has 5 nitrogen and oxygen atoms in total. The van der Waals surface area contributed by atoms with Gasteiger partial charge in [0, 0.05) is 23.6 Å². The van der Waals surface area contributed by atoms with Gasteiger partial charge in [-0.25, -0.2) is 4.68 Å². The van der Waals surface area contributed by atoms with Gasteiger partial charge >= 0.3 is 0 Å². The molecule has 3 heterocycles. The van der Waals surface area contributed by atoms with Crippen molar-refractivity contribution in [1.82, 2.24) is 14.2 Å². The van der Waals surface area contributed by atoms with Crippen LogP contribution in [0.25, 0.3) is 22.5 Å². The molecule has 0 atom stereocenters. The number of nitrogens with zero attached hydrogens (tertiary/aromatic N) is 3. The molecule has 0 bridgehead atoms. The molecule has 0 fully saturated rings. The molecule has 1 amide bonds. The molecular formula is C25H20N4O. The van der Waals surface area contributed by atoms with Crippen LogP contribution in [0, 0.1) is 6.92 Å². The molecule has 5 heteroatoms. The third kappa shape index (κ3) is 3.37. The fraction of sp³-hybridized carbons (Fsp3) is 0.0400. The number of fused-ring (bicyclic) bond motifs is 1. The summed E-state index contributed by atoms with van der Waals surface area (Å²) in [7, 11) is 0. The Balaban J connectivity index is 1.46. The van der Waals surface area contributed by atoms with Gasteiger partial charge < -0.3 is 9.72 Å². The van der Waals surface area contributed by atoms with Crippen molar-refractivity contribution < 1.29 is 4.79 Å². The summed E-state index contributed by atoms with van der Waals surface area (Å²) >= 11 is 0. The summed E-state index contributed by atoms with van der Waals surface area (Å²) in [5.74, 6) is 0.641. The van der Waals surface area contributed by atoms with E-state index in [4.69, 9.17) is 0 Å². The SMILES string of the molecule is Cc1cccc(NC(=O)c2ccn(-c3ccc4ccc(-c5ccccc5)cn34)n2)c1. The van der Waals surface area contributed by atoms with Gasteiger partial charge in [0.25, 0.3) is 5.91 Å². The third-order valence-electron chi connectivity index (χ3n) is 5.07. The minimum absolute atomic E-state index is 0.231. The van der Waals surface area contributed by atoms with Crippen LogP contribution in [-0.4, -0.2) is 20.1 Å². The monoisotopic (exact) mass is 392 g/mol. The van der Waals surface area contributed by atoms with E-state index in [-0.39, 0.29) is 5.91 Å². The van der Waals surface area contributed by atoms with Gasteiger partial charge in [0.1, 0.15) is 5.82 Å². The molecule has 0 spiro atoms. The topological polar surface area (TPSA) is 51.3 Å². The molecule has 146 valence electrons. The molecule has 0 saturated carbocycles. The zero-order valence-corrected chi connectivity index (χ0v) is 16.5. The highest BCUT2D eigenvalue weighted by Gasteiger charge is 2.13. The molecule has 2 aromatic carbocycles. The van der Waals surface area contributed by atoms with E-state index in [1.807, 2.05) is 67.7 Å². The molecular weight excluding hydrogens is 372 g/mol. The first-order chi connectivity index (χ1) is 14.7. The van der Waals surface area contributed by atoms with E-state index < -0.39 is 0 Å². The largest absolute Gasteiger partial charge is 0.321 e. The molecule has 5 aromatic rings. The van der Waals surface area contributed by atoms with Crippen molar-refractivity contribution >= 4 is 17.1 Å². The molecule has 5 rings (SSSR count). The number of carbonyl (C=O) groups excluding carboxylic acids is 1. The molecule has 0 saturated heterocycles. The number of amides is 1. The Kier molecular flexibility index (Phi) is 4.41. The molecule has 3 aromatic heterocycles. The summed E-state index contributed by atoms with van der Waals surface area (Å²) in [5, 5.41) is 7.41. The van der Waals surface area contributed by atoms with Gasteiger partial charge in [-0.2, -0.15) is 5.10 Å². The fourth-order valence-corrected chi connectivity index (χ4v) is 3.57. The molecule has 0 aliphatic heterocycles. The first-order valence-electron chi connectivity index (χ1n) is 9.78. The van der Waals surface area contributed by atoms with Gasteiger partial charge in [-0.3, -0.25) is 4.79 Å². The predicted octanol–water partition coefficient (Wildman–Crippen LogP) is 5.35. The van der Waals surface area contributed by atoms with Gasteiger partial charge in [0.05, 0.1) is 0 Å². The Hall–Kier alpha value is -4.12. The van der Waals surface area contributed by atoms with E-state index in [1.54, 1.807) is 10.7 Å². The fourth-order valence-electron chi connectivity index (χ4n) is 3.57. The van der Waals surface area contributed by atoms with E-state index in [1.165, 1.54) is 0 Å². The normalized spacial score (nSPS) is 11.0. The predicted molar refractivity (Wildman–Crippen MR) is 119 cm³/mol. The second kappa shape index (κ2) is 7.37. The number of aromatic nitrogens is 3. The Bertz CT molecular complexity index is 1350. The van der Waals surface area contributed by atoms with Crippen LogP contribution in [0.1, 0.15) is 16.1 Å². The van der Waals surface area contributed by atoms with Crippen LogP contribution in [0.15, 0.2) is 97.3 Å². The Morgan fingerprint density at radius 1 is 0.867 bits per heavy atom. The number of pyridine rings is 1. The van der Waals surface area contributed by atoms with Crippen LogP contribution in [0.4, 0.5) is 5.69 Å². The van der Waals surface area contributed by atoms with E-state index >= 15 is 0 Å². The number of rotatable bonds is 4. The minimum Gasteiger partial charge on any atom is -0.321 e. The summed E-state index contributed by atoms with van der Waals surface area (Å²) in [6, 6.07) is 27.9. The van der Waals surface area contributed by atoms with Crippen LogP contribution in [0.2, 0.25) is 0 Å². The number of carbonyl (C=O) groups is 1. The van der Waals surface area contributed by atoms with Crippen molar-refractivity contribution in [2.75, 3.05) is 5.32 Å². The maximum Gasteiger partial charge on any atom is 0.276 e. The zero-order valence-electron chi connectivity index (χ0n) is 16.5. The smallest absolute Gasteiger partial charge is 0.276 e. The van der Waals surface area contributed by atoms with E-state index in [0.717, 1.165) is 33.7 Å². The number of nitrogens with one attached hydrogen (secondary N) is 1. The lowest BCUT2D eigenvalue weighted by molar-refractivity contribution is 0.102. The summed E-state index contributed by atoms with van der Waals surface area (Å²) in [6.07, 6.45) is 3.90. The van der Waals surface area contributed by atoms with Crippen LogP contribution in [-0.2, 0) is 0 Å². The number of anilines is 1. The lowest BCUT2D eigenvalue weighted by atomic mass is 10.1. The number of benzene rings is 2. The van der Waals surface area contributed by atoms with Gasteiger partial charge in [0.2, 0.25) is 0 Å². The summed E-state index contributed by atoms with van der Waals surface area (Å²) in [5.41, 5.74) is 5.54. The van der Waals surface area contributed by atoms with Crippen molar-refractivity contribution in [3.8, 4) is 16.9 Å². The summed E-state index contributed by atoms with van der Waals surface area (Å²) < 4.78 is 3.81. The number of hydrogen-bond acceptors (Lipinski definition) is 2. The average Bonchev–Trinajstić information content (AvgIpc) is 3.41. The number of aryl methyl sites for hydroxylation is 1. The molecule has 0 aliphatic carbocycles. The summed E-state index contributed by atoms with van der Waals surface area (Å²) in [6.45, 7) is 1.99. The van der Waals surface area contributed by atoms with Crippen molar-refractivity contribution in [3.63, 3.8) is 0 Å². The average molecular weight is 392 g/mol. The lowest BCUT2D eigenvalue weighted by Crippen LogP contribution is -2.13. The van der Waals surface area contributed by atoms with Crippen LogP contribution in [0.5, 0.6) is 0 Å². The second-order valence-corrected chi connectivity index (χ2v) is 7.24. The van der Waals surface area contributed by atoms with Crippen molar-refractivity contribution in [1.29, 1.82) is 0 Å². The Labute approximate surface area is 174 Å². The Morgan fingerprint density at radius 3 is 2.53 bits per heavy atom. The van der Waals surface area contributed by atoms with Crippen LogP contribution < -0.4 is 5.32 Å². The molecule has 1 N–H and O–H groups in total. The molecule has 0 radical (unpaired) electrons. The molecule has 0 aliphatic rings. The van der Waals surface area contributed by atoms with E-state index in [2.05, 4.69) is 45.3 Å². The highest BCUT2D eigenvalue weighted by molar-refractivity contribution is 6.02. The quantitative estimate of drug-likeness (QED) is 0.448. The van der Waals surface area contributed by atoms with Crippen LogP contribution in [0.3, 0.4) is 0 Å². The van der Waals surface area contributed by atoms with Gasteiger partial charge in [-0.1, -0.05) is 48.5 Å². The lowest BCUT2D eigenvalue weighted by Gasteiger charge is -2.07. The Morgan fingerprint density at radius 2 is 1.70 bits per heavy atom. The van der Waals surface area contributed by atoms with Crippen LogP contribution >= 0.6 is 0 Å². The number of hydrogen-bond donors (Lipinski definition) is 1. The van der Waals surface area contributed by atoms with E-state index in [0.29, 0.717) is 5.69 Å². The summed E-state index contributed by atoms with van der Waals surface area (Å²) in [4.78, 5) is 12.6. The first-order valence-corrected chi connectivity index (χ1v) is 9.78. The first kappa shape index (κ1) is 17.9. The highest BCUT2D eigenvalue weighted by atomic mass is 16.1. The third-order valence-corrected chi connectivity index (χ3v) is 5.07. The second-order valence-electron chi connectivity index (χ2n) is 7.24. The zero-order chi connectivity index (χ0) is 20.5.